The lowest BCUT2D eigenvalue weighted by Gasteiger charge is -2.35. The molecule has 15 heavy (non-hydrogen) atoms. The maximum atomic E-state index is 11.5. The highest BCUT2D eigenvalue weighted by atomic mass is 16.2. The number of likely N-dealkylation sites (tertiary alicyclic amines) is 1. The number of nitrogens with zero attached hydrogens (tertiary/aromatic N) is 1. The monoisotopic (exact) mass is 210 g/mol. The number of carbonyl (C=O) groups is 2. The van der Waals surface area contributed by atoms with Gasteiger partial charge in [0.15, 0.2) is 0 Å². The Labute approximate surface area is 90.3 Å². The van der Waals surface area contributed by atoms with Gasteiger partial charge in [-0.05, 0) is 25.3 Å². The Morgan fingerprint density at radius 2 is 2.27 bits per heavy atom. The number of amides is 2. The third-order valence-electron chi connectivity index (χ3n) is 2.67. The standard InChI is InChI=1S/C11H18N2O2/c1-3-11(15)13-7-5-4-6-10(13)8-12-9(2)14/h3,10H,1,4-8H2,2H3,(H,12,14). The van der Waals surface area contributed by atoms with E-state index in [9.17, 15) is 9.59 Å². The van der Waals surface area contributed by atoms with Crippen molar-refractivity contribution < 1.29 is 9.59 Å². The molecule has 4 nitrogen and oxygen atoms in total. The molecule has 0 spiro atoms. The van der Waals surface area contributed by atoms with E-state index in [2.05, 4.69) is 11.9 Å². The first-order valence-electron chi connectivity index (χ1n) is 5.32. The van der Waals surface area contributed by atoms with Crippen LogP contribution in [-0.2, 0) is 9.59 Å². The second-order valence-corrected chi connectivity index (χ2v) is 3.82. The number of hydrogen-bond acceptors (Lipinski definition) is 2. The molecule has 2 amide bonds. The van der Waals surface area contributed by atoms with Crippen molar-refractivity contribution in [2.24, 2.45) is 0 Å². The van der Waals surface area contributed by atoms with Gasteiger partial charge in [0.25, 0.3) is 0 Å². The summed E-state index contributed by atoms with van der Waals surface area (Å²) in [7, 11) is 0. The Balaban J connectivity index is 2.53. The van der Waals surface area contributed by atoms with Crippen LogP contribution in [0.1, 0.15) is 26.2 Å². The smallest absolute Gasteiger partial charge is 0.246 e. The molecular weight excluding hydrogens is 192 g/mol. The normalized spacial score (nSPS) is 20.9. The maximum Gasteiger partial charge on any atom is 0.246 e. The first-order chi connectivity index (χ1) is 7.15. The molecule has 84 valence electrons. The Hall–Kier alpha value is -1.32. The van der Waals surface area contributed by atoms with Crippen LogP contribution in [0.3, 0.4) is 0 Å². The van der Waals surface area contributed by atoms with E-state index in [4.69, 9.17) is 0 Å². The van der Waals surface area contributed by atoms with Gasteiger partial charge in [0.2, 0.25) is 11.8 Å². The number of hydrogen-bond donors (Lipinski definition) is 1. The molecule has 1 saturated heterocycles. The third-order valence-corrected chi connectivity index (χ3v) is 2.67. The van der Waals surface area contributed by atoms with Gasteiger partial charge >= 0.3 is 0 Å². The molecule has 1 aliphatic heterocycles. The number of carbonyl (C=O) groups excluding carboxylic acids is 2. The van der Waals surface area contributed by atoms with E-state index in [0.29, 0.717) is 6.54 Å². The summed E-state index contributed by atoms with van der Waals surface area (Å²) >= 11 is 0. The molecule has 0 saturated carbocycles. The lowest BCUT2D eigenvalue weighted by molar-refractivity contribution is -0.130. The predicted molar refractivity (Wildman–Crippen MR) is 58.2 cm³/mol. The third kappa shape index (κ3) is 3.38. The highest BCUT2D eigenvalue weighted by molar-refractivity contribution is 5.87. The number of rotatable bonds is 3. The van der Waals surface area contributed by atoms with Crippen LogP contribution < -0.4 is 5.32 Å². The predicted octanol–water partition coefficient (Wildman–Crippen LogP) is 0.690. The van der Waals surface area contributed by atoms with E-state index in [1.807, 2.05) is 0 Å². The summed E-state index contributed by atoms with van der Waals surface area (Å²) < 4.78 is 0. The highest BCUT2D eigenvalue weighted by Gasteiger charge is 2.24. The Bertz CT molecular complexity index is 263. The minimum absolute atomic E-state index is 0.0370. The summed E-state index contributed by atoms with van der Waals surface area (Å²) in [5.41, 5.74) is 0. The Kier molecular flexibility index (Phi) is 4.34. The molecule has 4 heteroatoms. The average Bonchev–Trinajstić information content (AvgIpc) is 2.25. The van der Waals surface area contributed by atoms with E-state index in [1.54, 1.807) is 4.90 Å². The van der Waals surface area contributed by atoms with Crippen molar-refractivity contribution in [1.82, 2.24) is 10.2 Å². The summed E-state index contributed by atoms with van der Waals surface area (Å²) in [5, 5.41) is 2.76. The largest absolute Gasteiger partial charge is 0.354 e. The molecule has 0 bridgehead atoms. The summed E-state index contributed by atoms with van der Waals surface area (Å²) in [5.74, 6) is -0.0865. The van der Waals surface area contributed by atoms with Gasteiger partial charge in [-0.2, -0.15) is 0 Å². The number of nitrogens with one attached hydrogen (secondary N) is 1. The van der Waals surface area contributed by atoms with Crippen LogP contribution in [0, 0.1) is 0 Å². The lowest BCUT2D eigenvalue weighted by Crippen LogP contribution is -2.48. The van der Waals surface area contributed by atoms with Crippen LogP contribution in [-0.4, -0.2) is 35.8 Å². The molecular formula is C11H18N2O2. The minimum atomic E-state index is -0.0495. The van der Waals surface area contributed by atoms with Gasteiger partial charge in [0.1, 0.15) is 0 Å². The first kappa shape index (κ1) is 11.8. The minimum Gasteiger partial charge on any atom is -0.354 e. The van der Waals surface area contributed by atoms with Gasteiger partial charge in [0.05, 0.1) is 0 Å². The van der Waals surface area contributed by atoms with Gasteiger partial charge in [-0.15, -0.1) is 0 Å². The maximum absolute atomic E-state index is 11.5. The van der Waals surface area contributed by atoms with E-state index in [-0.39, 0.29) is 17.9 Å². The van der Waals surface area contributed by atoms with Crippen molar-refractivity contribution in [3.05, 3.63) is 12.7 Å². The first-order valence-corrected chi connectivity index (χ1v) is 5.32. The molecule has 1 unspecified atom stereocenters. The van der Waals surface area contributed by atoms with Crippen LogP contribution >= 0.6 is 0 Å². The van der Waals surface area contributed by atoms with Crippen molar-refractivity contribution in [2.45, 2.75) is 32.2 Å². The Morgan fingerprint density at radius 1 is 1.53 bits per heavy atom. The van der Waals surface area contributed by atoms with E-state index < -0.39 is 0 Å². The molecule has 0 aromatic heterocycles. The molecule has 1 aliphatic rings. The number of piperidine rings is 1. The fourth-order valence-electron chi connectivity index (χ4n) is 1.88. The SMILES string of the molecule is C=CC(=O)N1CCCCC1CNC(C)=O. The fraction of sp³-hybridized carbons (Fsp3) is 0.636. The van der Waals surface area contributed by atoms with Crippen LogP contribution in [0.15, 0.2) is 12.7 Å². The molecule has 0 aromatic carbocycles. The Morgan fingerprint density at radius 3 is 2.87 bits per heavy atom. The molecule has 1 N–H and O–H groups in total. The van der Waals surface area contributed by atoms with Gasteiger partial charge in [0, 0.05) is 26.1 Å². The summed E-state index contributed by atoms with van der Waals surface area (Å²) in [6.45, 7) is 6.30. The van der Waals surface area contributed by atoms with Crippen LogP contribution in [0.2, 0.25) is 0 Å². The lowest BCUT2D eigenvalue weighted by atomic mass is 10.0. The van der Waals surface area contributed by atoms with Crippen LogP contribution in [0.25, 0.3) is 0 Å². The van der Waals surface area contributed by atoms with E-state index in [1.165, 1.54) is 13.0 Å². The van der Waals surface area contributed by atoms with Crippen molar-refractivity contribution >= 4 is 11.8 Å². The second-order valence-electron chi connectivity index (χ2n) is 3.82. The molecule has 1 fully saturated rings. The average molecular weight is 210 g/mol. The zero-order chi connectivity index (χ0) is 11.3. The molecule has 1 atom stereocenters. The van der Waals surface area contributed by atoms with Gasteiger partial charge < -0.3 is 10.2 Å². The van der Waals surface area contributed by atoms with Crippen LogP contribution in [0.5, 0.6) is 0 Å². The molecule has 0 aromatic rings. The fourth-order valence-corrected chi connectivity index (χ4v) is 1.88. The molecule has 1 heterocycles. The summed E-state index contributed by atoms with van der Waals surface area (Å²) in [6.07, 6.45) is 4.45. The molecule has 0 radical (unpaired) electrons. The van der Waals surface area contributed by atoms with E-state index >= 15 is 0 Å². The van der Waals surface area contributed by atoms with E-state index in [0.717, 1.165) is 25.8 Å². The van der Waals surface area contributed by atoms with Crippen molar-refractivity contribution in [2.75, 3.05) is 13.1 Å². The van der Waals surface area contributed by atoms with Crippen molar-refractivity contribution in [3.63, 3.8) is 0 Å². The molecule has 0 aliphatic carbocycles. The zero-order valence-electron chi connectivity index (χ0n) is 9.16. The zero-order valence-corrected chi connectivity index (χ0v) is 9.16. The topological polar surface area (TPSA) is 49.4 Å². The second kappa shape index (κ2) is 5.53. The van der Waals surface area contributed by atoms with Gasteiger partial charge in [-0.3, -0.25) is 9.59 Å². The highest BCUT2D eigenvalue weighted by Crippen LogP contribution is 2.16. The van der Waals surface area contributed by atoms with Gasteiger partial charge in [-0.25, -0.2) is 0 Å². The quantitative estimate of drug-likeness (QED) is 0.697. The summed E-state index contributed by atoms with van der Waals surface area (Å²) in [6, 6.07) is 0.133. The van der Waals surface area contributed by atoms with Crippen molar-refractivity contribution in [3.8, 4) is 0 Å². The van der Waals surface area contributed by atoms with Gasteiger partial charge in [-0.1, -0.05) is 6.58 Å². The van der Waals surface area contributed by atoms with Crippen LogP contribution in [0.4, 0.5) is 0 Å². The molecule has 1 rings (SSSR count). The summed E-state index contributed by atoms with van der Waals surface area (Å²) in [4.78, 5) is 24.1. The van der Waals surface area contributed by atoms with Crippen molar-refractivity contribution in [1.29, 1.82) is 0 Å².